The maximum Gasteiger partial charge on any atom is 0.0551 e. The lowest BCUT2D eigenvalue weighted by Crippen LogP contribution is -2.11. The summed E-state index contributed by atoms with van der Waals surface area (Å²) in [5, 5.41) is 0.722. The van der Waals surface area contributed by atoms with Crippen LogP contribution in [0.3, 0.4) is 0 Å². The van der Waals surface area contributed by atoms with Crippen molar-refractivity contribution in [2.75, 3.05) is 0 Å². The first-order valence-corrected chi connectivity index (χ1v) is 5.88. The summed E-state index contributed by atoms with van der Waals surface area (Å²) in [5.41, 5.74) is 15.0. The molecule has 3 heteroatoms. The highest BCUT2D eigenvalue weighted by molar-refractivity contribution is 6.30. The molecule has 4 N–H and O–H groups in total. The second-order valence-electron chi connectivity index (χ2n) is 3.97. The Kier molecular flexibility index (Phi) is 3.79. The van der Waals surface area contributed by atoms with Crippen LogP contribution in [-0.4, -0.2) is 0 Å². The summed E-state index contributed by atoms with van der Waals surface area (Å²) in [7, 11) is 0. The summed E-state index contributed by atoms with van der Waals surface area (Å²) < 4.78 is 0. The summed E-state index contributed by atoms with van der Waals surface area (Å²) in [4.78, 5) is 0. The Bertz CT molecular complexity index is 477. The minimum Gasteiger partial charge on any atom is -0.326 e. The smallest absolute Gasteiger partial charge is 0.0551 e. The molecule has 0 saturated heterocycles. The lowest BCUT2D eigenvalue weighted by molar-refractivity contribution is 0.869. The zero-order valence-electron chi connectivity index (χ0n) is 9.44. The van der Waals surface area contributed by atoms with Gasteiger partial charge >= 0.3 is 0 Å². The van der Waals surface area contributed by atoms with Crippen LogP contribution < -0.4 is 11.5 Å². The van der Waals surface area contributed by atoms with Gasteiger partial charge in [0.15, 0.2) is 0 Å². The average Bonchev–Trinajstić information content (AvgIpc) is 2.39. The van der Waals surface area contributed by atoms with Crippen LogP contribution in [0, 0.1) is 0 Å². The maximum atomic E-state index is 6.18. The van der Waals surface area contributed by atoms with E-state index in [0.717, 1.165) is 21.7 Å². The molecular weight excluding hydrogens is 232 g/mol. The van der Waals surface area contributed by atoms with Crippen molar-refractivity contribution in [3.63, 3.8) is 0 Å². The van der Waals surface area contributed by atoms with Gasteiger partial charge in [-0.15, -0.1) is 0 Å². The highest BCUT2D eigenvalue weighted by Crippen LogP contribution is 2.21. The number of halogens is 1. The first-order valence-electron chi connectivity index (χ1n) is 5.50. The molecule has 0 amide bonds. The molecular formula is C14H15ClN2. The third-order valence-corrected chi connectivity index (χ3v) is 3.06. The first kappa shape index (κ1) is 12.1. The van der Waals surface area contributed by atoms with Gasteiger partial charge in [0.2, 0.25) is 0 Å². The molecule has 2 rings (SSSR count). The van der Waals surface area contributed by atoms with Gasteiger partial charge in [-0.2, -0.15) is 0 Å². The zero-order chi connectivity index (χ0) is 12.3. The summed E-state index contributed by atoms with van der Waals surface area (Å²) in [6, 6.07) is 15.5. The van der Waals surface area contributed by atoms with Gasteiger partial charge in [-0.05, 0) is 28.8 Å². The van der Waals surface area contributed by atoms with Gasteiger partial charge in [0.25, 0.3) is 0 Å². The molecule has 0 fully saturated rings. The first-order chi connectivity index (χ1) is 8.20. The minimum atomic E-state index is -0.126. The quantitative estimate of drug-likeness (QED) is 0.875. The zero-order valence-corrected chi connectivity index (χ0v) is 10.2. The van der Waals surface area contributed by atoms with Crippen molar-refractivity contribution in [1.29, 1.82) is 0 Å². The van der Waals surface area contributed by atoms with Crippen molar-refractivity contribution < 1.29 is 0 Å². The highest BCUT2D eigenvalue weighted by Gasteiger charge is 2.08. The monoisotopic (exact) mass is 246 g/mol. The number of hydrogen-bond acceptors (Lipinski definition) is 2. The Hall–Kier alpha value is -1.35. The van der Waals surface area contributed by atoms with Crippen LogP contribution in [0.15, 0.2) is 48.5 Å². The molecule has 0 aliphatic heterocycles. The fourth-order valence-electron chi connectivity index (χ4n) is 1.72. The number of rotatable bonds is 3. The largest absolute Gasteiger partial charge is 0.326 e. The Balaban J connectivity index is 2.23. The molecule has 0 saturated carbocycles. The van der Waals surface area contributed by atoms with Crippen molar-refractivity contribution in [2.24, 2.45) is 11.5 Å². The fourth-order valence-corrected chi connectivity index (χ4v) is 1.85. The summed E-state index contributed by atoms with van der Waals surface area (Å²) in [5.74, 6) is 0. The van der Waals surface area contributed by atoms with E-state index in [9.17, 15) is 0 Å². The van der Waals surface area contributed by atoms with Crippen molar-refractivity contribution in [1.82, 2.24) is 0 Å². The molecule has 1 unspecified atom stereocenters. The van der Waals surface area contributed by atoms with E-state index in [4.69, 9.17) is 23.1 Å². The van der Waals surface area contributed by atoms with Crippen LogP contribution in [0.25, 0.3) is 0 Å². The predicted octanol–water partition coefficient (Wildman–Crippen LogP) is 2.85. The Morgan fingerprint density at radius 2 is 1.35 bits per heavy atom. The van der Waals surface area contributed by atoms with Gasteiger partial charge in [-0.3, -0.25) is 0 Å². The molecule has 0 aliphatic rings. The predicted molar refractivity (Wildman–Crippen MR) is 71.8 cm³/mol. The third kappa shape index (κ3) is 2.86. The summed E-state index contributed by atoms with van der Waals surface area (Å²) >= 11 is 5.85. The lowest BCUT2D eigenvalue weighted by Gasteiger charge is -2.13. The number of hydrogen-bond donors (Lipinski definition) is 2. The van der Waals surface area contributed by atoms with Crippen molar-refractivity contribution in [3.8, 4) is 0 Å². The third-order valence-electron chi connectivity index (χ3n) is 2.80. The average molecular weight is 247 g/mol. The molecule has 0 heterocycles. The van der Waals surface area contributed by atoms with E-state index in [1.807, 2.05) is 48.5 Å². The molecule has 0 aromatic heterocycles. The Morgan fingerprint density at radius 1 is 0.882 bits per heavy atom. The highest BCUT2D eigenvalue weighted by atomic mass is 35.5. The summed E-state index contributed by atoms with van der Waals surface area (Å²) in [6.45, 7) is 0.552. The van der Waals surface area contributed by atoms with Crippen LogP contribution in [0.2, 0.25) is 5.02 Å². The van der Waals surface area contributed by atoms with E-state index in [1.165, 1.54) is 0 Å². The van der Waals surface area contributed by atoms with Gasteiger partial charge < -0.3 is 11.5 Å². The maximum absolute atomic E-state index is 6.18. The molecule has 2 nitrogen and oxygen atoms in total. The van der Waals surface area contributed by atoms with E-state index in [0.29, 0.717) is 6.54 Å². The van der Waals surface area contributed by atoms with Crippen LogP contribution in [0.4, 0.5) is 0 Å². The summed E-state index contributed by atoms with van der Waals surface area (Å²) in [6.07, 6.45) is 0. The molecule has 0 spiro atoms. The van der Waals surface area contributed by atoms with Gasteiger partial charge in [0.05, 0.1) is 6.04 Å². The van der Waals surface area contributed by atoms with Crippen LogP contribution in [0.5, 0.6) is 0 Å². The Labute approximate surface area is 106 Å². The van der Waals surface area contributed by atoms with Gasteiger partial charge in [0, 0.05) is 11.6 Å². The second kappa shape index (κ2) is 5.32. The SMILES string of the molecule is NCc1ccc(C(N)c2ccc(Cl)cc2)cc1. The molecule has 0 bridgehead atoms. The molecule has 1 atom stereocenters. The van der Waals surface area contributed by atoms with Gasteiger partial charge in [-0.1, -0.05) is 48.0 Å². The van der Waals surface area contributed by atoms with E-state index in [-0.39, 0.29) is 6.04 Å². The molecule has 88 valence electrons. The topological polar surface area (TPSA) is 52.0 Å². The van der Waals surface area contributed by atoms with E-state index in [2.05, 4.69) is 0 Å². The second-order valence-corrected chi connectivity index (χ2v) is 4.41. The van der Waals surface area contributed by atoms with Crippen molar-refractivity contribution in [2.45, 2.75) is 12.6 Å². The van der Waals surface area contributed by atoms with Crippen LogP contribution >= 0.6 is 11.6 Å². The van der Waals surface area contributed by atoms with Gasteiger partial charge in [-0.25, -0.2) is 0 Å². The Morgan fingerprint density at radius 3 is 1.82 bits per heavy atom. The molecule has 0 radical (unpaired) electrons. The molecule has 0 aliphatic carbocycles. The van der Waals surface area contributed by atoms with Gasteiger partial charge in [0.1, 0.15) is 0 Å². The van der Waals surface area contributed by atoms with Crippen molar-refractivity contribution in [3.05, 3.63) is 70.2 Å². The molecule has 2 aromatic carbocycles. The van der Waals surface area contributed by atoms with E-state index in [1.54, 1.807) is 0 Å². The number of nitrogens with two attached hydrogens (primary N) is 2. The van der Waals surface area contributed by atoms with Crippen LogP contribution in [0.1, 0.15) is 22.7 Å². The van der Waals surface area contributed by atoms with E-state index >= 15 is 0 Å². The lowest BCUT2D eigenvalue weighted by atomic mass is 9.99. The van der Waals surface area contributed by atoms with Crippen LogP contribution in [-0.2, 0) is 6.54 Å². The minimum absolute atomic E-state index is 0.126. The fraction of sp³-hybridized carbons (Fsp3) is 0.143. The standard InChI is InChI=1S/C14H15ClN2/c15-13-7-5-12(6-8-13)14(17)11-3-1-10(9-16)2-4-11/h1-8,14H,9,16-17H2. The normalized spacial score (nSPS) is 12.4. The molecule has 2 aromatic rings. The van der Waals surface area contributed by atoms with E-state index < -0.39 is 0 Å². The number of benzene rings is 2. The van der Waals surface area contributed by atoms with Crippen molar-refractivity contribution >= 4 is 11.6 Å². The molecule has 17 heavy (non-hydrogen) atoms.